The standard InChI is InChI=1S/C19H24/c1-3-9-17-13-8-14-18(19(17)10-4-2)15-16-11-6-5-7-12-16/h5-8,11-14H,3-4,9-10,15H2,1-2H3. The maximum Gasteiger partial charge on any atom is -0.00229 e. The Morgan fingerprint density at radius 1 is 0.684 bits per heavy atom. The number of aryl methyl sites for hydroxylation is 1. The van der Waals surface area contributed by atoms with Crippen LogP contribution in [-0.2, 0) is 19.3 Å². The molecule has 0 atom stereocenters. The van der Waals surface area contributed by atoms with Gasteiger partial charge in [0.05, 0.1) is 0 Å². The van der Waals surface area contributed by atoms with E-state index >= 15 is 0 Å². The van der Waals surface area contributed by atoms with Crippen LogP contribution >= 0.6 is 0 Å². The first-order valence-electron chi connectivity index (χ1n) is 7.48. The van der Waals surface area contributed by atoms with E-state index in [1.165, 1.54) is 36.8 Å². The van der Waals surface area contributed by atoms with Crippen LogP contribution in [0.2, 0.25) is 0 Å². The minimum atomic E-state index is 1.06. The first-order valence-corrected chi connectivity index (χ1v) is 7.48. The van der Waals surface area contributed by atoms with Crippen LogP contribution in [-0.4, -0.2) is 0 Å². The molecule has 0 radical (unpaired) electrons. The SMILES string of the molecule is CCCc1cccc(Cc2ccccc2)c1CCC. The van der Waals surface area contributed by atoms with Crippen molar-refractivity contribution < 1.29 is 0 Å². The molecule has 0 aliphatic carbocycles. The van der Waals surface area contributed by atoms with Crippen LogP contribution < -0.4 is 0 Å². The molecule has 2 aromatic rings. The molecule has 19 heavy (non-hydrogen) atoms. The highest BCUT2D eigenvalue weighted by atomic mass is 14.1. The van der Waals surface area contributed by atoms with Crippen LogP contribution in [0.25, 0.3) is 0 Å². The van der Waals surface area contributed by atoms with E-state index in [1.807, 2.05) is 0 Å². The molecule has 0 amide bonds. The highest BCUT2D eigenvalue weighted by molar-refractivity contribution is 5.38. The second kappa shape index (κ2) is 7.13. The number of rotatable bonds is 6. The lowest BCUT2D eigenvalue weighted by atomic mass is 9.91. The summed E-state index contributed by atoms with van der Waals surface area (Å²) in [7, 11) is 0. The van der Waals surface area contributed by atoms with Crippen molar-refractivity contribution in [3.05, 3.63) is 70.8 Å². The Morgan fingerprint density at radius 3 is 2.05 bits per heavy atom. The first-order chi connectivity index (χ1) is 9.35. The molecule has 100 valence electrons. The normalized spacial score (nSPS) is 10.6. The monoisotopic (exact) mass is 252 g/mol. The molecule has 0 aliphatic heterocycles. The largest absolute Gasteiger partial charge is 0.0651 e. The summed E-state index contributed by atoms with van der Waals surface area (Å²) in [5.41, 5.74) is 6.07. The lowest BCUT2D eigenvalue weighted by molar-refractivity contribution is 0.848. The van der Waals surface area contributed by atoms with Gasteiger partial charge in [0.25, 0.3) is 0 Å². The molecule has 2 aromatic carbocycles. The van der Waals surface area contributed by atoms with E-state index in [2.05, 4.69) is 62.4 Å². The summed E-state index contributed by atoms with van der Waals surface area (Å²) in [5, 5.41) is 0. The molecule has 0 fully saturated rings. The van der Waals surface area contributed by atoms with E-state index in [0.29, 0.717) is 0 Å². The summed E-state index contributed by atoms with van der Waals surface area (Å²) < 4.78 is 0. The molecule has 0 aromatic heterocycles. The van der Waals surface area contributed by atoms with Crippen molar-refractivity contribution in [3.63, 3.8) is 0 Å². The second-order valence-corrected chi connectivity index (χ2v) is 5.22. The first kappa shape index (κ1) is 13.9. The van der Waals surface area contributed by atoms with Gasteiger partial charge in [0, 0.05) is 0 Å². The summed E-state index contributed by atoms with van der Waals surface area (Å²) in [5.74, 6) is 0. The molecule has 0 saturated heterocycles. The molecule has 2 rings (SSSR count). The topological polar surface area (TPSA) is 0 Å². The van der Waals surface area contributed by atoms with Crippen LogP contribution in [0.3, 0.4) is 0 Å². The van der Waals surface area contributed by atoms with Crippen LogP contribution in [0.4, 0.5) is 0 Å². The van der Waals surface area contributed by atoms with Crippen LogP contribution in [0.1, 0.15) is 48.9 Å². The number of hydrogen-bond acceptors (Lipinski definition) is 0. The summed E-state index contributed by atoms with van der Waals surface area (Å²) in [4.78, 5) is 0. The van der Waals surface area contributed by atoms with Gasteiger partial charge >= 0.3 is 0 Å². The maximum absolute atomic E-state index is 2.31. The Bertz CT molecular complexity index is 497. The fraction of sp³-hybridized carbons (Fsp3) is 0.368. The van der Waals surface area contributed by atoms with Gasteiger partial charge < -0.3 is 0 Å². The van der Waals surface area contributed by atoms with E-state index in [4.69, 9.17) is 0 Å². The average molecular weight is 252 g/mol. The predicted octanol–water partition coefficient (Wildman–Crippen LogP) is 5.18. The fourth-order valence-corrected chi connectivity index (χ4v) is 2.74. The maximum atomic E-state index is 2.31. The van der Waals surface area contributed by atoms with Crippen molar-refractivity contribution in [2.75, 3.05) is 0 Å². The van der Waals surface area contributed by atoms with Crippen molar-refractivity contribution in [2.45, 2.75) is 46.0 Å². The molecular formula is C19H24. The zero-order valence-corrected chi connectivity index (χ0v) is 12.2. The minimum absolute atomic E-state index is 1.06. The third-order valence-corrected chi connectivity index (χ3v) is 3.63. The van der Waals surface area contributed by atoms with Crippen molar-refractivity contribution in [1.29, 1.82) is 0 Å². The van der Waals surface area contributed by atoms with E-state index in [9.17, 15) is 0 Å². The molecule has 0 unspecified atom stereocenters. The predicted molar refractivity (Wildman–Crippen MR) is 83.7 cm³/mol. The Kier molecular flexibility index (Phi) is 5.20. The molecule has 0 spiro atoms. The quantitative estimate of drug-likeness (QED) is 0.664. The van der Waals surface area contributed by atoms with Gasteiger partial charge in [-0.05, 0) is 41.5 Å². The van der Waals surface area contributed by atoms with Gasteiger partial charge in [-0.2, -0.15) is 0 Å². The van der Waals surface area contributed by atoms with Gasteiger partial charge in [0.2, 0.25) is 0 Å². The summed E-state index contributed by atoms with van der Waals surface area (Å²) >= 11 is 0. The minimum Gasteiger partial charge on any atom is -0.0651 e. The van der Waals surface area contributed by atoms with Gasteiger partial charge in [-0.3, -0.25) is 0 Å². The van der Waals surface area contributed by atoms with E-state index in [-0.39, 0.29) is 0 Å². The number of benzene rings is 2. The Morgan fingerprint density at radius 2 is 1.37 bits per heavy atom. The van der Waals surface area contributed by atoms with Crippen molar-refractivity contribution in [1.82, 2.24) is 0 Å². The molecule has 0 heteroatoms. The van der Waals surface area contributed by atoms with Crippen LogP contribution in [0.15, 0.2) is 48.5 Å². The molecular weight excluding hydrogens is 228 g/mol. The van der Waals surface area contributed by atoms with Crippen molar-refractivity contribution in [3.8, 4) is 0 Å². The summed E-state index contributed by atoms with van der Waals surface area (Å²) in [6, 6.07) is 17.6. The Labute approximate surface area is 117 Å². The Hall–Kier alpha value is -1.56. The lowest BCUT2D eigenvalue weighted by Crippen LogP contribution is -2.01. The molecule has 0 aliphatic rings. The van der Waals surface area contributed by atoms with E-state index in [1.54, 1.807) is 11.1 Å². The lowest BCUT2D eigenvalue weighted by Gasteiger charge is -2.14. The van der Waals surface area contributed by atoms with Crippen LogP contribution in [0.5, 0.6) is 0 Å². The van der Waals surface area contributed by atoms with Gasteiger partial charge in [0.15, 0.2) is 0 Å². The molecule has 0 heterocycles. The third-order valence-electron chi connectivity index (χ3n) is 3.63. The zero-order valence-electron chi connectivity index (χ0n) is 12.2. The molecule has 0 nitrogen and oxygen atoms in total. The average Bonchev–Trinajstić information content (AvgIpc) is 2.44. The highest BCUT2D eigenvalue weighted by Gasteiger charge is 2.07. The second-order valence-electron chi connectivity index (χ2n) is 5.22. The smallest absolute Gasteiger partial charge is 0.00229 e. The van der Waals surface area contributed by atoms with Crippen LogP contribution in [0, 0.1) is 0 Å². The Balaban J connectivity index is 2.30. The molecule has 0 saturated carbocycles. The zero-order chi connectivity index (χ0) is 13.5. The van der Waals surface area contributed by atoms with Gasteiger partial charge in [-0.25, -0.2) is 0 Å². The van der Waals surface area contributed by atoms with E-state index in [0.717, 1.165) is 6.42 Å². The van der Waals surface area contributed by atoms with Crippen molar-refractivity contribution in [2.24, 2.45) is 0 Å². The van der Waals surface area contributed by atoms with Gasteiger partial charge in [-0.1, -0.05) is 75.2 Å². The summed E-state index contributed by atoms with van der Waals surface area (Å²) in [6.45, 7) is 4.54. The van der Waals surface area contributed by atoms with Gasteiger partial charge in [-0.15, -0.1) is 0 Å². The highest BCUT2D eigenvalue weighted by Crippen LogP contribution is 2.21. The number of hydrogen-bond donors (Lipinski definition) is 0. The molecule has 0 bridgehead atoms. The molecule has 0 N–H and O–H groups in total. The van der Waals surface area contributed by atoms with Crippen molar-refractivity contribution >= 4 is 0 Å². The van der Waals surface area contributed by atoms with Gasteiger partial charge in [0.1, 0.15) is 0 Å². The van der Waals surface area contributed by atoms with E-state index < -0.39 is 0 Å². The summed E-state index contributed by atoms with van der Waals surface area (Å²) in [6.07, 6.45) is 5.93. The fourth-order valence-electron chi connectivity index (χ4n) is 2.74. The third kappa shape index (κ3) is 3.70.